The second-order valence-electron chi connectivity index (χ2n) is 3.57. The molecule has 86 valence electrons. The van der Waals surface area contributed by atoms with Crippen LogP contribution in [-0.4, -0.2) is 17.9 Å². The molecule has 1 amide bonds. The first-order valence-electron chi connectivity index (χ1n) is 5.13. The van der Waals surface area contributed by atoms with Crippen LogP contribution in [0.3, 0.4) is 0 Å². The SMILES string of the molecule is CN(C(=O)c1ccccc1)c1ccnc(Cl)c1. The van der Waals surface area contributed by atoms with E-state index in [4.69, 9.17) is 11.6 Å². The highest BCUT2D eigenvalue weighted by molar-refractivity contribution is 6.29. The lowest BCUT2D eigenvalue weighted by atomic mass is 10.2. The van der Waals surface area contributed by atoms with Crippen molar-refractivity contribution in [1.82, 2.24) is 4.98 Å². The first-order valence-corrected chi connectivity index (χ1v) is 5.51. The average Bonchev–Trinajstić information content (AvgIpc) is 2.38. The molecule has 0 aliphatic rings. The maximum atomic E-state index is 12.1. The van der Waals surface area contributed by atoms with Crippen molar-refractivity contribution in [2.75, 3.05) is 11.9 Å². The van der Waals surface area contributed by atoms with E-state index in [0.717, 1.165) is 5.69 Å². The molecule has 1 heterocycles. The Balaban J connectivity index is 2.27. The highest BCUT2D eigenvalue weighted by atomic mass is 35.5. The Hall–Kier alpha value is -1.87. The van der Waals surface area contributed by atoms with Crippen molar-refractivity contribution in [2.24, 2.45) is 0 Å². The second-order valence-corrected chi connectivity index (χ2v) is 3.95. The molecule has 2 rings (SSSR count). The summed E-state index contributed by atoms with van der Waals surface area (Å²) in [6.45, 7) is 0. The number of anilines is 1. The summed E-state index contributed by atoms with van der Waals surface area (Å²) in [7, 11) is 1.71. The lowest BCUT2D eigenvalue weighted by molar-refractivity contribution is 0.0993. The van der Waals surface area contributed by atoms with Gasteiger partial charge in [0.1, 0.15) is 5.15 Å². The predicted molar refractivity (Wildman–Crippen MR) is 68.4 cm³/mol. The van der Waals surface area contributed by atoms with Gasteiger partial charge < -0.3 is 4.90 Å². The minimum atomic E-state index is -0.0760. The number of carbonyl (C=O) groups is 1. The molecular weight excluding hydrogens is 236 g/mol. The van der Waals surface area contributed by atoms with Crippen molar-refractivity contribution in [3.63, 3.8) is 0 Å². The number of nitrogens with zero attached hydrogens (tertiary/aromatic N) is 2. The molecule has 17 heavy (non-hydrogen) atoms. The minimum Gasteiger partial charge on any atom is -0.311 e. The summed E-state index contributed by atoms with van der Waals surface area (Å²) >= 11 is 5.79. The van der Waals surface area contributed by atoms with E-state index < -0.39 is 0 Å². The number of rotatable bonds is 2. The van der Waals surface area contributed by atoms with Gasteiger partial charge in [0.15, 0.2) is 0 Å². The number of hydrogen-bond donors (Lipinski definition) is 0. The van der Waals surface area contributed by atoms with Gasteiger partial charge in [-0.05, 0) is 24.3 Å². The molecule has 0 aliphatic carbocycles. The third-order valence-electron chi connectivity index (χ3n) is 2.42. The fraction of sp³-hybridized carbons (Fsp3) is 0.0769. The Labute approximate surface area is 105 Å². The molecule has 0 N–H and O–H groups in total. The summed E-state index contributed by atoms with van der Waals surface area (Å²) in [5, 5.41) is 0.371. The Bertz CT molecular complexity index is 528. The Morgan fingerprint density at radius 2 is 1.94 bits per heavy atom. The van der Waals surface area contributed by atoms with Crippen LogP contribution in [0.25, 0.3) is 0 Å². The number of halogens is 1. The van der Waals surface area contributed by atoms with Gasteiger partial charge in [0.2, 0.25) is 0 Å². The standard InChI is InChI=1S/C13H11ClN2O/c1-16(11-7-8-15-12(14)9-11)13(17)10-5-3-2-4-6-10/h2-9H,1H3. The van der Waals surface area contributed by atoms with E-state index in [1.807, 2.05) is 18.2 Å². The van der Waals surface area contributed by atoms with Gasteiger partial charge in [0, 0.05) is 24.5 Å². The van der Waals surface area contributed by atoms with E-state index in [0.29, 0.717) is 10.7 Å². The molecule has 0 saturated carbocycles. The topological polar surface area (TPSA) is 33.2 Å². The number of amides is 1. The smallest absolute Gasteiger partial charge is 0.258 e. The Kier molecular flexibility index (Phi) is 3.40. The van der Waals surface area contributed by atoms with Gasteiger partial charge in [-0.1, -0.05) is 29.8 Å². The largest absolute Gasteiger partial charge is 0.311 e. The monoisotopic (exact) mass is 246 g/mol. The molecule has 0 unspecified atom stereocenters. The molecule has 0 aliphatic heterocycles. The lowest BCUT2D eigenvalue weighted by Crippen LogP contribution is -2.26. The Morgan fingerprint density at radius 1 is 1.24 bits per heavy atom. The molecule has 0 saturated heterocycles. The first kappa shape index (κ1) is 11.6. The van der Waals surface area contributed by atoms with Gasteiger partial charge in [-0.15, -0.1) is 0 Å². The van der Waals surface area contributed by atoms with Crippen LogP contribution in [0.2, 0.25) is 5.15 Å². The molecule has 1 aromatic heterocycles. The zero-order chi connectivity index (χ0) is 12.3. The van der Waals surface area contributed by atoms with Crippen molar-refractivity contribution < 1.29 is 4.79 Å². The van der Waals surface area contributed by atoms with Crippen molar-refractivity contribution >= 4 is 23.2 Å². The molecule has 4 heteroatoms. The fourth-order valence-electron chi connectivity index (χ4n) is 1.49. The van der Waals surface area contributed by atoms with Crippen LogP contribution in [0.4, 0.5) is 5.69 Å². The summed E-state index contributed by atoms with van der Waals surface area (Å²) in [4.78, 5) is 17.5. The van der Waals surface area contributed by atoms with Crippen molar-refractivity contribution in [1.29, 1.82) is 0 Å². The van der Waals surface area contributed by atoms with Crippen LogP contribution in [0.15, 0.2) is 48.7 Å². The van der Waals surface area contributed by atoms with Crippen LogP contribution in [0.1, 0.15) is 10.4 Å². The van der Waals surface area contributed by atoms with E-state index in [1.54, 1.807) is 42.4 Å². The highest BCUT2D eigenvalue weighted by Gasteiger charge is 2.12. The molecule has 0 bridgehead atoms. The van der Waals surface area contributed by atoms with Crippen LogP contribution in [-0.2, 0) is 0 Å². The van der Waals surface area contributed by atoms with Crippen molar-refractivity contribution in [2.45, 2.75) is 0 Å². The maximum Gasteiger partial charge on any atom is 0.258 e. The number of carbonyl (C=O) groups excluding carboxylic acids is 1. The lowest BCUT2D eigenvalue weighted by Gasteiger charge is -2.17. The molecule has 0 radical (unpaired) electrons. The molecule has 1 aromatic carbocycles. The Morgan fingerprint density at radius 3 is 2.59 bits per heavy atom. The molecule has 0 spiro atoms. The summed E-state index contributed by atoms with van der Waals surface area (Å²) in [6, 6.07) is 12.5. The zero-order valence-corrected chi connectivity index (χ0v) is 10.1. The molecule has 3 nitrogen and oxygen atoms in total. The second kappa shape index (κ2) is 4.97. The van der Waals surface area contributed by atoms with Crippen LogP contribution < -0.4 is 4.90 Å². The minimum absolute atomic E-state index is 0.0760. The van der Waals surface area contributed by atoms with E-state index in [1.165, 1.54) is 0 Å². The van der Waals surface area contributed by atoms with Gasteiger partial charge >= 0.3 is 0 Å². The quantitative estimate of drug-likeness (QED) is 0.764. The summed E-state index contributed by atoms with van der Waals surface area (Å²) < 4.78 is 0. The number of benzene rings is 1. The van der Waals surface area contributed by atoms with E-state index in [2.05, 4.69) is 4.98 Å². The zero-order valence-electron chi connectivity index (χ0n) is 9.30. The number of hydrogen-bond acceptors (Lipinski definition) is 2. The third kappa shape index (κ3) is 2.63. The van der Waals surface area contributed by atoms with Gasteiger partial charge in [-0.3, -0.25) is 4.79 Å². The molecule has 2 aromatic rings. The fourth-order valence-corrected chi connectivity index (χ4v) is 1.66. The number of aromatic nitrogens is 1. The van der Waals surface area contributed by atoms with Gasteiger partial charge in [0.25, 0.3) is 5.91 Å². The van der Waals surface area contributed by atoms with Crippen molar-refractivity contribution in [3.05, 3.63) is 59.4 Å². The first-order chi connectivity index (χ1) is 8.18. The van der Waals surface area contributed by atoms with Crippen molar-refractivity contribution in [3.8, 4) is 0 Å². The van der Waals surface area contributed by atoms with E-state index >= 15 is 0 Å². The van der Waals surface area contributed by atoms with Crippen LogP contribution in [0.5, 0.6) is 0 Å². The average molecular weight is 247 g/mol. The maximum absolute atomic E-state index is 12.1. The summed E-state index contributed by atoms with van der Waals surface area (Å²) in [5.41, 5.74) is 1.36. The van der Waals surface area contributed by atoms with Gasteiger partial charge in [0.05, 0.1) is 0 Å². The third-order valence-corrected chi connectivity index (χ3v) is 2.63. The summed E-state index contributed by atoms with van der Waals surface area (Å²) in [5.74, 6) is -0.0760. The predicted octanol–water partition coefficient (Wildman–Crippen LogP) is 3.01. The van der Waals surface area contributed by atoms with Crippen LogP contribution in [0, 0.1) is 0 Å². The normalized spacial score (nSPS) is 10.0. The number of pyridine rings is 1. The van der Waals surface area contributed by atoms with E-state index in [-0.39, 0.29) is 5.91 Å². The molecular formula is C13H11ClN2O. The molecule has 0 atom stereocenters. The highest BCUT2D eigenvalue weighted by Crippen LogP contribution is 2.17. The van der Waals surface area contributed by atoms with Gasteiger partial charge in [-0.2, -0.15) is 0 Å². The van der Waals surface area contributed by atoms with Crippen LogP contribution >= 0.6 is 11.6 Å². The van der Waals surface area contributed by atoms with Gasteiger partial charge in [-0.25, -0.2) is 4.98 Å². The summed E-state index contributed by atoms with van der Waals surface area (Å²) in [6.07, 6.45) is 1.58. The van der Waals surface area contributed by atoms with E-state index in [9.17, 15) is 4.79 Å². The molecule has 0 fully saturated rings.